The number of hydrogen-bond donors (Lipinski definition) is 1. The van der Waals surface area contributed by atoms with Gasteiger partial charge in [-0.15, -0.1) is 0 Å². The van der Waals surface area contributed by atoms with E-state index in [1.165, 1.54) is 30.2 Å². The van der Waals surface area contributed by atoms with Gasteiger partial charge in [0.1, 0.15) is 11.5 Å². The second kappa shape index (κ2) is 8.22. The van der Waals surface area contributed by atoms with Crippen molar-refractivity contribution in [2.24, 2.45) is 0 Å². The number of alkyl halides is 2. The van der Waals surface area contributed by atoms with Crippen molar-refractivity contribution in [3.8, 4) is 0 Å². The number of benzene rings is 1. The van der Waals surface area contributed by atoms with Crippen LogP contribution in [-0.4, -0.2) is 39.3 Å². The minimum absolute atomic E-state index is 0.119. The Bertz CT molecular complexity index is 1130. The molecule has 1 unspecified atom stereocenters. The number of rotatable bonds is 5. The van der Waals surface area contributed by atoms with Crippen LogP contribution in [0.15, 0.2) is 36.5 Å². The van der Waals surface area contributed by atoms with E-state index < -0.39 is 23.6 Å². The highest BCUT2D eigenvalue weighted by atomic mass is 19.3. The van der Waals surface area contributed by atoms with Crippen molar-refractivity contribution in [2.75, 3.05) is 0 Å². The molecule has 1 aromatic carbocycles. The van der Waals surface area contributed by atoms with E-state index in [1.54, 1.807) is 18.2 Å². The van der Waals surface area contributed by atoms with Gasteiger partial charge in [0.15, 0.2) is 5.78 Å². The van der Waals surface area contributed by atoms with E-state index >= 15 is 0 Å². The fourth-order valence-corrected chi connectivity index (χ4v) is 4.16. The first-order chi connectivity index (χ1) is 15.2. The first-order valence-corrected chi connectivity index (χ1v) is 10.2. The zero-order valence-electron chi connectivity index (χ0n) is 17.4. The highest BCUT2D eigenvalue weighted by Gasteiger charge is 2.43. The number of fused-ring (bicyclic) bond motifs is 1. The lowest BCUT2D eigenvalue weighted by Crippen LogP contribution is -2.44. The number of nitrogens with one attached hydrogen (secondary N) is 1. The lowest BCUT2D eigenvalue weighted by atomic mass is 9.92. The van der Waals surface area contributed by atoms with E-state index in [0.717, 1.165) is 0 Å². The number of carbonyl (C=O) groups excluding carboxylic acids is 4. The quantitative estimate of drug-likeness (QED) is 0.719. The van der Waals surface area contributed by atoms with Crippen molar-refractivity contribution in [3.63, 3.8) is 0 Å². The first kappa shape index (κ1) is 21.7. The average molecular weight is 441 g/mol. The third-order valence-corrected chi connectivity index (χ3v) is 5.86. The van der Waals surface area contributed by atoms with Crippen LogP contribution in [0.4, 0.5) is 8.78 Å². The lowest BCUT2D eigenvalue weighted by Gasteiger charge is -2.29. The molecule has 166 valence electrons. The van der Waals surface area contributed by atoms with Crippen LogP contribution in [0, 0.1) is 6.92 Å². The summed E-state index contributed by atoms with van der Waals surface area (Å²) in [4.78, 5) is 53.7. The molecule has 0 saturated heterocycles. The number of carbonyl (C=O) groups is 4. The molecule has 32 heavy (non-hydrogen) atoms. The van der Waals surface area contributed by atoms with Gasteiger partial charge in [-0.1, -0.05) is 18.2 Å². The topological polar surface area (TPSA) is 96.4 Å². The van der Waals surface area contributed by atoms with Crippen LogP contribution >= 0.6 is 0 Å². The summed E-state index contributed by atoms with van der Waals surface area (Å²) in [6.07, 6.45) is 1.62. The lowest BCUT2D eigenvalue weighted by molar-refractivity contribution is -0.147. The van der Waals surface area contributed by atoms with Crippen LogP contribution in [0.5, 0.6) is 0 Å². The van der Waals surface area contributed by atoms with Crippen LogP contribution in [-0.2, 0) is 33.4 Å². The highest BCUT2D eigenvalue weighted by molar-refractivity contribution is 6.07. The van der Waals surface area contributed by atoms with Gasteiger partial charge >= 0.3 is 5.92 Å². The first-order valence-electron chi connectivity index (χ1n) is 10.2. The van der Waals surface area contributed by atoms with Crippen LogP contribution < -0.4 is 5.32 Å². The second-order valence-corrected chi connectivity index (χ2v) is 8.09. The van der Waals surface area contributed by atoms with Gasteiger partial charge in [-0.3, -0.25) is 24.2 Å². The van der Waals surface area contributed by atoms with Gasteiger partial charge in [-0.2, -0.15) is 8.78 Å². The Morgan fingerprint density at radius 1 is 1.25 bits per heavy atom. The minimum Gasteiger partial charge on any atom is -0.346 e. The zero-order chi connectivity index (χ0) is 23.0. The maximum atomic E-state index is 14.5. The number of ketones is 2. The van der Waals surface area contributed by atoms with Gasteiger partial charge in [0.2, 0.25) is 0 Å². The Kier molecular flexibility index (Phi) is 5.58. The number of amides is 2. The second-order valence-electron chi connectivity index (χ2n) is 8.09. The Hall–Kier alpha value is -3.49. The Labute approximate surface area is 182 Å². The SMILES string of the molecule is Cc1cccnc1C(F)(F)C(=O)NCc1ccc2c(c1)CN(C1CCC(=O)CC1=O)C2=O. The van der Waals surface area contributed by atoms with Crippen LogP contribution in [0.25, 0.3) is 0 Å². The third-order valence-electron chi connectivity index (χ3n) is 5.86. The van der Waals surface area contributed by atoms with Gasteiger partial charge in [-0.05, 0) is 42.2 Å². The molecular weight excluding hydrogens is 420 g/mol. The van der Waals surface area contributed by atoms with E-state index in [-0.39, 0.29) is 49.0 Å². The number of aromatic nitrogens is 1. The maximum absolute atomic E-state index is 14.5. The van der Waals surface area contributed by atoms with Gasteiger partial charge in [0.05, 0.1) is 12.5 Å². The molecule has 1 N–H and O–H groups in total. The van der Waals surface area contributed by atoms with Crippen molar-refractivity contribution in [2.45, 2.75) is 51.2 Å². The fourth-order valence-electron chi connectivity index (χ4n) is 4.16. The molecule has 0 radical (unpaired) electrons. The summed E-state index contributed by atoms with van der Waals surface area (Å²) < 4.78 is 29.0. The molecule has 1 saturated carbocycles. The summed E-state index contributed by atoms with van der Waals surface area (Å²) in [5.74, 6) is -5.92. The standard InChI is InChI=1S/C23H21F2N3O4/c1-13-3-2-8-26-20(13)23(24,25)22(32)27-11-14-4-6-17-15(9-14)12-28(21(17)31)18-7-5-16(29)10-19(18)30/h2-4,6,8-9,18H,5,7,10-12H2,1H3,(H,27,32). The molecule has 1 aliphatic carbocycles. The summed E-state index contributed by atoms with van der Waals surface area (Å²) >= 11 is 0. The summed E-state index contributed by atoms with van der Waals surface area (Å²) in [6, 6.07) is 7.16. The summed E-state index contributed by atoms with van der Waals surface area (Å²) in [5, 5.41) is 2.23. The van der Waals surface area contributed by atoms with Crippen molar-refractivity contribution >= 4 is 23.4 Å². The van der Waals surface area contributed by atoms with E-state index in [1.807, 2.05) is 0 Å². The molecule has 9 heteroatoms. The number of Topliss-reactive ketones (excluding diaryl/α,β-unsaturated/α-hetero) is 2. The molecule has 0 spiro atoms. The number of hydrogen-bond acceptors (Lipinski definition) is 5. The molecular formula is C23H21F2N3O4. The van der Waals surface area contributed by atoms with E-state index in [0.29, 0.717) is 23.1 Å². The molecule has 2 aromatic rings. The molecule has 7 nitrogen and oxygen atoms in total. The van der Waals surface area contributed by atoms with Crippen molar-refractivity contribution in [3.05, 3.63) is 64.5 Å². The van der Waals surface area contributed by atoms with Gasteiger partial charge in [0, 0.05) is 31.3 Å². The number of pyridine rings is 1. The Morgan fingerprint density at radius 2 is 2.03 bits per heavy atom. The average Bonchev–Trinajstić information content (AvgIpc) is 3.07. The molecule has 1 aromatic heterocycles. The number of halogens is 2. The van der Waals surface area contributed by atoms with Gasteiger partial charge < -0.3 is 10.2 Å². The fraction of sp³-hybridized carbons (Fsp3) is 0.348. The largest absolute Gasteiger partial charge is 0.366 e. The maximum Gasteiger partial charge on any atom is 0.366 e. The van der Waals surface area contributed by atoms with Crippen molar-refractivity contribution < 1.29 is 28.0 Å². The van der Waals surface area contributed by atoms with E-state index in [2.05, 4.69) is 10.3 Å². The van der Waals surface area contributed by atoms with Crippen molar-refractivity contribution in [1.29, 1.82) is 0 Å². The van der Waals surface area contributed by atoms with Crippen LogP contribution in [0.3, 0.4) is 0 Å². The molecule has 1 aliphatic heterocycles. The normalized spacial score (nSPS) is 18.7. The summed E-state index contributed by atoms with van der Waals surface area (Å²) in [7, 11) is 0. The predicted octanol–water partition coefficient (Wildman–Crippen LogP) is 2.44. The smallest absolute Gasteiger partial charge is 0.346 e. The Balaban J connectivity index is 1.44. The monoisotopic (exact) mass is 441 g/mol. The molecule has 2 aliphatic rings. The van der Waals surface area contributed by atoms with Gasteiger partial charge in [-0.25, -0.2) is 0 Å². The minimum atomic E-state index is -3.78. The molecule has 1 fully saturated rings. The van der Waals surface area contributed by atoms with E-state index in [4.69, 9.17) is 0 Å². The molecule has 2 amide bonds. The summed E-state index contributed by atoms with van der Waals surface area (Å²) in [5.41, 5.74) is 1.24. The third kappa shape index (κ3) is 3.90. The Morgan fingerprint density at radius 3 is 2.75 bits per heavy atom. The molecule has 2 heterocycles. The number of aryl methyl sites for hydroxylation is 1. The molecule has 0 bridgehead atoms. The molecule has 4 rings (SSSR count). The zero-order valence-corrected chi connectivity index (χ0v) is 17.4. The van der Waals surface area contributed by atoms with Crippen LogP contribution in [0.1, 0.15) is 52.0 Å². The van der Waals surface area contributed by atoms with E-state index in [9.17, 15) is 28.0 Å². The molecule has 1 atom stereocenters. The van der Waals surface area contributed by atoms with Crippen LogP contribution in [0.2, 0.25) is 0 Å². The summed E-state index contributed by atoms with van der Waals surface area (Å²) in [6.45, 7) is 1.50. The number of nitrogens with zero attached hydrogens (tertiary/aromatic N) is 2. The van der Waals surface area contributed by atoms with Crippen molar-refractivity contribution in [1.82, 2.24) is 15.2 Å². The predicted molar refractivity (Wildman–Crippen MR) is 109 cm³/mol. The highest BCUT2D eigenvalue weighted by Crippen LogP contribution is 2.31. The van der Waals surface area contributed by atoms with Gasteiger partial charge in [0.25, 0.3) is 11.8 Å².